The van der Waals surface area contributed by atoms with Crippen molar-refractivity contribution >= 4 is 44.8 Å². The predicted octanol–water partition coefficient (Wildman–Crippen LogP) is 4.92. The van der Waals surface area contributed by atoms with Crippen molar-refractivity contribution in [2.45, 2.75) is 31.7 Å². The molecular formula is C24H25N5O. The standard InChI is InChI=1S/C24H25N5O/c25-17-8-3-7-16(13-17)24(30)26-18-11-12-22-20(14-18)23(29-28-22)27-21-10-4-6-15-5-1-2-9-19(15)21/h1-2,4-6,9-12,14,16-17H,3,7-8,13,25H2,(H,26,30)(H2,27,28,29). The molecule has 6 heteroatoms. The summed E-state index contributed by atoms with van der Waals surface area (Å²) in [7, 11) is 0. The number of hydrogen-bond acceptors (Lipinski definition) is 4. The zero-order valence-electron chi connectivity index (χ0n) is 16.7. The molecule has 1 aliphatic carbocycles. The van der Waals surface area contributed by atoms with Gasteiger partial charge in [0.05, 0.1) is 5.52 Å². The lowest BCUT2D eigenvalue weighted by Crippen LogP contribution is -2.34. The number of fused-ring (bicyclic) bond motifs is 2. The van der Waals surface area contributed by atoms with Crippen LogP contribution in [-0.4, -0.2) is 22.1 Å². The normalized spacial score (nSPS) is 19.1. The van der Waals surface area contributed by atoms with Crippen LogP contribution in [-0.2, 0) is 4.79 Å². The maximum absolute atomic E-state index is 12.7. The van der Waals surface area contributed by atoms with Gasteiger partial charge in [0.1, 0.15) is 0 Å². The summed E-state index contributed by atoms with van der Waals surface area (Å²) in [5.41, 5.74) is 8.73. The summed E-state index contributed by atoms with van der Waals surface area (Å²) in [4.78, 5) is 12.7. The molecule has 1 heterocycles. The third-order valence-corrected chi connectivity index (χ3v) is 5.96. The molecule has 1 aliphatic rings. The van der Waals surface area contributed by atoms with E-state index in [0.29, 0.717) is 0 Å². The largest absolute Gasteiger partial charge is 0.338 e. The number of nitrogens with one attached hydrogen (secondary N) is 3. The molecule has 0 spiro atoms. The molecule has 1 aromatic heterocycles. The lowest BCUT2D eigenvalue weighted by atomic mass is 9.85. The fourth-order valence-corrected chi connectivity index (χ4v) is 4.36. The number of hydrogen-bond donors (Lipinski definition) is 4. The lowest BCUT2D eigenvalue weighted by molar-refractivity contribution is -0.120. The topological polar surface area (TPSA) is 95.8 Å². The molecular weight excluding hydrogens is 374 g/mol. The Morgan fingerprint density at radius 3 is 2.80 bits per heavy atom. The highest BCUT2D eigenvalue weighted by Crippen LogP contribution is 2.31. The van der Waals surface area contributed by atoms with Gasteiger partial charge in [-0.3, -0.25) is 9.89 Å². The van der Waals surface area contributed by atoms with Crippen LogP contribution in [0.25, 0.3) is 21.7 Å². The summed E-state index contributed by atoms with van der Waals surface area (Å²) in [6, 6.07) is 20.3. The number of rotatable bonds is 4. The zero-order chi connectivity index (χ0) is 20.5. The minimum atomic E-state index is -0.0120. The Bertz CT molecular complexity index is 1210. The van der Waals surface area contributed by atoms with Gasteiger partial charge in [-0.25, -0.2) is 0 Å². The average Bonchev–Trinajstić information content (AvgIpc) is 3.16. The van der Waals surface area contributed by atoms with Crippen molar-refractivity contribution in [1.82, 2.24) is 10.2 Å². The summed E-state index contributed by atoms with van der Waals surface area (Å²) in [6.45, 7) is 0. The van der Waals surface area contributed by atoms with Gasteiger partial charge in [0.2, 0.25) is 5.91 Å². The van der Waals surface area contributed by atoms with E-state index in [-0.39, 0.29) is 17.9 Å². The van der Waals surface area contributed by atoms with E-state index >= 15 is 0 Å². The molecule has 1 amide bonds. The Hall–Kier alpha value is -3.38. The highest BCUT2D eigenvalue weighted by molar-refractivity contribution is 6.01. The zero-order valence-corrected chi connectivity index (χ0v) is 16.7. The second-order valence-electron chi connectivity index (χ2n) is 8.10. The van der Waals surface area contributed by atoms with E-state index in [4.69, 9.17) is 5.73 Å². The minimum absolute atomic E-state index is 0.0120. The number of carbonyl (C=O) groups is 1. The molecule has 6 nitrogen and oxygen atoms in total. The molecule has 0 bridgehead atoms. The maximum atomic E-state index is 12.7. The van der Waals surface area contributed by atoms with Crippen LogP contribution < -0.4 is 16.4 Å². The highest BCUT2D eigenvalue weighted by atomic mass is 16.1. The molecule has 0 saturated heterocycles. The van der Waals surface area contributed by atoms with Crippen LogP contribution in [0.2, 0.25) is 0 Å². The molecule has 0 aliphatic heterocycles. The molecule has 30 heavy (non-hydrogen) atoms. The number of nitrogens with zero attached hydrogens (tertiary/aromatic N) is 1. The molecule has 2 unspecified atom stereocenters. The van der Waals surface area contributed by atoms with Gasteiger partial charge in [0, 0.05) is 34.1 Å². The van der Waals surface area contributed by atoms with Crippen LogP contribution in [0.4, 0.5) is 17.2 Å². The van der Waals surface area contributed by atoms with Crippen molar-refractivity contribution in [2.75, 3.05) is 10.6 Å². The summed E-state index contributed by atoms with van der Waals surface area (Å²) < 4.78 is 0. The first-order chi connectivity index (χ1) is 14.7. The van der Waals surface area contributed by atoms with Crippen molar-refractivity contribution in [2.24, 2.45) is 11.7 Å². The van der Waals surface area contributed by atoms with E-state index in [1.807, 2.05) is 42.5 Å². The summed E-state index contributed by atoms with van der Waals surface area (Å²) in [5, 5.41) is 17.3. The third kappa shape index (κ3) is 3.62. The number of carbonyl (C=O) groups excluding carboxylic acids is 1. The number of anilines is 3. The van der Waals surface area contributed by atoms with Gasteiger partial charge in [-0.15, -0.1) is 0 Å². The van der Waals surface area contributed by atoms with E-state index in [9.17, 15) is 4.79 Å². The first-order valence-electron chi connectivity index (χ1n) is 10.5. The monoisotopic (exact) mass is 399 g/mol. The molecule has 2 atom stereocenters. The van der Waals surface area contributed by atoms with E-state index in [2.05, 4.69) is 39.0 Å². The fourth-order valence-electron chi connectivity index (χ4n) is 4.36. The number of nitrogens with two attached hydrogens (primary N) is 1. The van der Waals surface area contributed by atoms with E-state index in [1.54, 1.807) is 0 Å². The molecule has 5 rings (SSSR count). The predicted molar refractivity (Wildman–Crippen MR) is 122 cm³/mol. The second-order valence-corrected chi connectivity index (χ2v) is 8.10. The summed E-state index contributed by atoms with van der Waals surface area (Å²) in [5.74, 6) is 0.774. The molecule has 152 valence electrons. The third-order valence-electron chi connectivity index (χ3n) is 5.96. The van der Waals surface area contributed by atoms with Crippen molar-refractivity contribution in [3.8, 4) is 0 Å². The van der Waals surface area contributed by atoms with Crippen molar-refractivity contribution in [3.63, 3.8) is 0 Å². The smallest absolute Gasteiger partial charge is 0.227 e. The van der Waals surface area contributed by atoms with Gasteiger partial charge in [-0.2, -0.15) is 5.10 Å². The molecule has 1 saturated carbocycles. The van der Waals surface area contributed by atoms with Gasteiger partial charge in [-0.1, -0.05) is 42.8 Å². The number of aromatic nitrogens is 2. The van der Waals surface area contributed by atoms with Crippen LogP contribution in [0.1, 0.15) is 25.7 Å². The molecule has 5 N–H and O–H groups in total. The van der Waals surface area contributed by atoms with Gasteiger partial charge in [-0.05, 0) is 48.9 Å². The Kier molecular flexibility index (Phi) is 4.85. The Morgan fingerprint density at radius 2 is 1.90 bits per heavy atom. The lowest BCUT2D eigenvalue weighted by Gasteiger charge is -2.25. The van der Waals surface area contributed by atoms with Crippen LogP contribution in [0.15, 0.2) is 60.7 Å². The Morgan fingerprint density at radius 1 is 1.03 bits per heavy atom. The quantitative estimate of drug-likeness (QED) is 0.392. The Labute approximate surface area is 174 Å². The summed E-state index contributed by atoms with van der Waals surface area (Å²) >= 11 is 0. The van der Waals surface area contributed by atoms with Gasteiger partial charge < -0.3 is 16.4 Å². The van der Waals surface area contributed by atoms with Gasteiger partial charge in [0.25, 0.3) is 0 Å². The first kappa shape index (κ1) is 18.6. The maximum Gasteiger partial charge on any atom is 0.227 e. The van der Waals surface area contributed by atoms with Crippen LogP contribution in [0, 0.1) is 5.92 Å². The highest BCUT2D eigenvalue weighted by Gasteiger charge is 2.25. The second kappa shape index (κ2) is 7.80. The van der Waals surface area contributed by atoms with Crippen LogP contribution in [0.3, 0.4) is 0 Å². The van der Waals surface area contributed by atoms with Gasteiger partial charge >= 0.3 is 0 Å². The number of amides is 1. The molecule has 4 aromatic rings. The van der Waals surface area contributed by atoms with Crippen molar-refractivity contribution in [1.29, 1.82) is 0 Å². The number of aromatic amines is 1. The number of H-pyrrole nitrogens is 1. The average molecular weight is 399 g/mol. The van der Waals surface area contributed by atoms with Crippen LogP contribution in [0.5, 0.6) is 0 Å². The fraction of sp³-hybridized carbons (Fsp3) is 0.250. The van der Waals surface area contributed by atoms with E-state index in [0.717, 1.165) is 59.2 Å². The van der Waals surface area contributed by atoms with Gasteiger partial charge in [0.15, 0.2) is 5.82 Å². The van der Waals surface area contributed by atoms with Crippen molar-refractivity contribution in [3.05, 3.63) is 60.7 Å². The minimum Gasteiger partial charge on any atom is -0.338 e. The SMILES string of the molecule is NC1CCCC(C(=O)Nc2ccc3[nH]nc(Nc4cccc5ccccc45)c3c2)C1. The van der Waals surface area contributed by atoms with Crippen LogP contribution >= 0.6 is 0 Å². The number of benzene rings is 3. The molecule has 3 aromatic carbocycles. The van der Waals surface area contributed by atoms with E-state index < -0.39 is 0 Å². The summed E-state index contributed by atoms with van der Waals surface area (Å²) in [6.07, 6.45) is 3.68. The molecule has 0 radical (unpaired) electrons. The van der Waals surface area contributed by atoms with E-state index in [1.165, 1.54) is 5.39 Å². The Balaban J connectivity index is 1.41. The van der Waals surface area contributed by atoms with Crippen molar-refractivity contribution < 1.29 is 4.79 Å². The molecule has 1 fully saturated rings. The first-order valence-corrected chi connectivity index (χ1v) is 10.5.